The molecular weight excluding hydrogens is 948 g/mol. The minimum atomic E-state index is -1.62. The van der Waals surface area contributed by atoms with E-state index in [2.05, 4.69) is 59.9 Å². The number of carbonyl (C=O) groups excluding carboxylic acids is 4. The lowest BCUT2D eigenvalue weighted by Gasteiger charge is -2.51. The fraction of sp³-hybridized carbons (Fsp3) is 0.231. The summed E-state index contributed by atoms with van der Waals surface area (Å²) < 4.78 is 21.1. The molecule has 270 valence electrons. The number of halogens is 5. The molecule has 4 aliphatic rings. The average molecular weight is 976 g/mol. The minimum Gasteiger partial charge on any atom is -0.503 e. The van der Waals surface area contributed by atoms with Crippen LogP contribution in [0.4, 0.5) is 15.8 Å². The number of benzene rings is 4. The summed E-state index contributed by atoms with van der Waals surface area (Å²) in [5, 5.41) is 12.4. The zero-order valence-corrected chi connectivity index (χ0v) is 33.7. The fourth-order valence-electron chi connectivity index (χ4n) is 8.82. The van der Waals surface area contributed by atoms with Gasteiger partial charge >= 0.3 is 0 Å². The zero-order valence-electron chi connectivity index (χ0n) is 27.7. The number of aromatic hydroxyl groups is 1. The van der Waals surface area contributed by atoms with Crippen LogP contribution in [0, 0.1) is 33.1 Å². The molecule has 1 saturated carbocycles. The van der Waals surface area contributed by atoms with Crippen LogP contribution >= 0.6 is 66.1 Å². The second-order valence-electron chi connectivity index (χ2n) is 13.5. The first kappa shape index (κ1) is 36.2. The van der Waals surface area contributed by atoms with Crippen molar-refractivity contribution in [2.24, 2.45) is 23.7 Å². The number of nitrogens with zero attached hydrogens (tertiary/aromatic N) is 2. The molecule has 9 nitrogen and oxygen atoms in total. The van der Waals surface area contributed by atoms with Crippen LogP contribution in [0.1, 0.15) is 29.9 Å². The van der Waals surface area contributed by atoms with Gasteiger partial charge in [-0.1, -0.05) is 35.4 Å². The lowest BCUT2D eigenvalue weighted by atomic mass is 9.49. The lowest BCUT2D eigenvalue weighted by Crippen LogP contribution is -2.53. The monoisotopic (exact) mass is 973 g/mol. The number of methoxy groups -OCH3 is 1. The van der Waals surface area contributed by atoms with Crippen molar-refractivity contribution in [1.82, 2.24) is 5.01 Å². The van der Waals surface area contributed by atoms with Crippen LogP contribution in [0.15, 0.2) is 99.5 Å². The maximum atomic E-state index is 15.4. The summed E-state index contributed by atoms with van der Waals surface area (Å²) in [6, 6.07) is 20.8. The molecule has 0 spiro atoms. The summed E-state index contributed by atoms with van der Waals surface area (Å²) in [4.78, 5) is 60.1. The third kappa shape index (κ3) is 5.47. The zero-order chi connectivity index (χ0) is 37.5. The van der Waals surface area contributed by atoms with Crippen molar-refractivity contribution in [1.29, 1.82) is 0 Å². The number of carbonyl (C=O) groups is 4. The second kappa shape index (κ2) is 13.5. The molecule has 2 aliphatic carbocycles. The van der Waals surface area contributed by atoms with Gasteiger partial charge in [-0.05, 0) is 151 Å². The van der Waals surface area contributed by atoms with Crippen molar-refractivity contribution in [2.75, 3.05) is 17.4 Å². The number of anilines is 2. The van der Waals surface area contributed by atoms with E-state index in [9.17, 15) is 23.9 Å². The Labute approximate surface area is 338 Å². The molecule has 2 aliphatic heterocycles. The third-order valence-electron chi connectivity index (χ3n) is 11.0. The number of nitrogens with one attached hydrogen (secondary N) is 1. The molecule has 6 unspecified atom stereocenters. The Morgan fingerprint density at radius 2 is 1.60 bits per heavy atom. The highest BCUT2D eigenvalue weighted by atomic mass is 127. The number of allylic oxidation sites excluding steroid dienone is 2. The van der Waals surface area contributed by atoms with Crippen LogP contribution in [-0.4, -0.2) is 40.9 Å². The maximum absolute atomic E-state index is 15.4. The number of ether oxygens (including phenoxy) is 1. The van der Waals surface area contributed by atoms with Crippen molar-refractivity contribution in [2.45, 2.75) is 24.2 Å². The molecule has 0 aromatic heterocycles. The number of hydrogen-bond acceptors (Lipinski definition) is 7. The Balaban J connectivity index is 1.37. The van der Waals surface area contributed by atoms with Crippen molar-refractivity contribution >= 4 is 101 Å². The highest BCUT2D eigenvalue weighted by molar-refractivity contribution is 14.1. The lowest BCUT2D eigenvalue weighted by molar-refractivity contribution is -0.138. The minimum absolute atomic E-state index is 0.0753. The molecule has 6 atom stereocenters. The van der Waals surface area contributed by atoms with Gasteiger partial charge < -0.3 is 9.84 Å². The molecule has 0 bridgehead atoms. The van der Waals surface area contributed by atoms with Gasteiger partial charge in [0.25, 0.3) is 11.8 Å². The molecule has 14 heteroatoms. The van der Waals surface area contributed by atoms with E-state index in [1.54, 1.807) is 42.5 Å². The van der Waals surface area contributed by atoms with Gasteiger partial charge in [0.05, 0.1) is 46.1 Å². The van der Waals surface area contributed by atoms with Gasteiger partial charge in [0, 0.05) is 19.0 Å². The number of hydrazine groups is 1. The molecule has 8 rings (SSSR count). The largest absolute Gasteiger partial charge is 0.503 e. The van der Waals surface area contributed by atoms with Gasteiger partial charge in [0.1, 0.15) is 5.82 Å². The molecule has 3 fully saturated rings. The molecule has 4 amide bonds. The van der Waals surface area contributed by atoms with Gasteiger partial charge in [-0.25, -0.2) is 4.39 Å². The maximum Gasteiger partial charge on any atom is 0.260 e. The summed E-state index contributed by atoms with van der Waals surface area (Å²) >= 11 is 15.7. The molecule has 2 N–H and O–H groups in total. The van der Waals surface area contributed by atoms with Crippen LogP contribution in [0.3, 0.4) is 0 Å². The van der Waals surface area contributed by atoms with Crippen molar-refractivity contribution in [3.63, 3.8) is 0 Å². The molecule has 2 heterocycles. The predicted octanol–water partition coefficient (Wildman–Crippen LogP) is 8.51. The van der Waals surface area contributed by atoms with Gasteiger partial charge in [0.15, 0.2) is 11.5 Å². The Bertz CT molecular complexity index is 2260. The Morgan fingerprint density at radius 1 is 0.925 bits per heavy atom. The first-order valence-electron chi connectivity index (χ1n) is 16.6. The Kier molecular flexibility index (Phi) is 9.22. The third-order valence-corrected chi connectivity index (χ3v) is 14.2. The fourth-order valence-corrected chi connectivity index (χ4v) is 10.3. The first-order chi connectivity index (χ1) is 25.4. The second-order valence-corrected chi connectivity index (χ2v) is 16.8. The number of phenols is 1. The molecular formula is C39H28Br2ClFIN3O6. The standard InChI is InChI=1S/C39H28Br2ClFIN3O6/c1-53-29-17-27(32(40)33(41)34(29)48)31-24-14-15-25-30(37(51)46(35(25)49)23-12-8-21(44)9-13-23)26(24)16-28-36(50)47(45-22-10-6-20(43)7-11-22)38(52)39(28,31)18-2-4-19(42)5-3-18/h2-14,17,25-26,28,30-31,45,48H,15-16H2,1H3. The number of phenolic OH excluding ortho intramolecular Hbond substituents is 1. The molecule has 4 aromatic rings. The van der Waals surface area contributed by atoms with E-state index in [1.165, 1.54) is 36.3 Å². The van der Waals surface area contributed by atoms with E-state index < -0.39 is 52.6 Å². The van der Waals surface area contributed by atoms with E-state index in [1.807, 2.05) is 18.2 Å². The molecule has 0 radical (unpaired) electrons. The van der Waals surface area contributed by atoms with Gasteiger partial charge in [-0.3, -0.25) is 29.5 Å². The summed E-state index contributed by atoms with van der Waals surface area (Å²) in [6.45, 7) is 0. The molecule has 53 heavy (non-hydrogen) atoms. The van der Waals surface area contributed by atoms with Gasteiger partial charge in [-0.2, -0.15) is 5.01 Å². The highest BCUT2D eigenvalue weighted by Crippen LogP contribution is 2.65. The molecule has 4 aromatic carbocycles. The smallest absolute Gasteiger partial charge is 0.260 e. The van der Waals surface area contributed by atoms with Gasteiger partial charge in [0.2, 0.25) is 11.8 Å². The number of imide groups is 2. The van der Waals surface area contributed by atoms with Crippen LogP contribution in [0.5, 0.6) is 11.5 Å². The summed E-state index contributed by atoms with van der Waals surface area (Å²) in [7, 11) is 1.41. The Morgan fingerprint density at radius 3 is 2.26 bits per heavy atom. The number of amides is 4. The topological polar surface area (TPSA) is 116 Å². The SMILES string of the molecule is COc1cc(C2C3=CCC4C(=O)N(c5ccc(I)cc5)C(=O)C4C3CC3C(=O)N(Nc4ccc(F)cc4)C(=O)C32c2ccc(Cl)cc2)c(Br)c(Br)c1O. The average Bonchev–Trinajstić information content (AvgIpc) is 3.53. The number of fused-ring (bicyclic) bond motifs is 4. The van der Waals surface area contributed by atoms with E-state index in [0.717, 1.165) is 8.58 Å². The summed E-state index contributed by atoms with van der Waals surface area (Å²) in [5.74, 6) is -6.42. The van der Waals surface area contributed by atoms with E-state index in [4.69, 9.17) is 16.3 Å². The molecule has 2 saturated heterocycles. The van der Waals surface area contributed by atoms with Crippen molar-refractivity contribution in [3.05, 3.63) is 125 Å². The first-order valence-corrected chi connectivity index (χ1v) is 19.7. The summed E-state index contributed by atoms with van der Waals surface area (Å²) in [6.07, 6.45) is 2.25. The number of rotatable bonds is 6. The van der Waals surface area contributed by atoms with E-state index in [-0.39, 0.29) is 40.6 Å². The van der Waals surface area contributed by atoms with E-state index in [0.29, 0.717) is 37.6 Å². The van der Waals surface area contributed by atoms with E-state index >= 15 is 4.79 Å². The van der Waals surface area contributed by atoms with Crippen LogP contribution in [0.2, 0.25) is 5.02 Å². The van der Waals surface area contributed by atoms with Crippen LogP contribution in [0.25, 0.3) is 0 Å². The summed E-state index contributed by atoms with van der Waals surface area (Å²) in [5.41, 5.74) is 3.84. The van der Waals surface area contributed by atoms with Crippen LogP contribution in [-0.2, 0) is 24.6 Å². The normalized spacial score (nSPS) is 26.3. The predicted molar refractivity (Wildman–Crippen MR) is 211 cm³/mol. The number of hydrogen-bond donors (Lipinski definition) is 2. The van der Waals surface area contributed by atoms with Gasteiger partial charge in [-0.15, -0.1) is 0 Å². The van der Waals surface area contributed by atoms with Crippen LogP contribution < -0.4 is 15.1 Å². The highest BCUT2D eigenvalue weighted by Gasteiger charge is 2.70. The quantitative estimate of drug-likeness (QED) is 0.113. The van der Waals surface area contributed by atoms with Crippen molar-refractivity contribution < 1.29 is 33.4 Å². The van der Waals surface area contributed by atoms with Crippen molar-refractivity contribution in [3.8, 4) is 11.5 Å². The Hall–Kier alpha value is -3.79.